The number of nitrogens with two attached hydrogens (primary N) is 1. The molecule has 1 aromatic carbocycles. The molecule has 15 heavy (non-hydrogen) atoms. The van der Waals surface area contributed by atoms with Crippen LogP contribution in [0.25, 0.3) is 0 Å². The molecule has 76 valence electrons. The van der Waals surface area contributed by atoms with Crippen molar-refractivity contribution in [3.63, 3.8) is 0 Å². The van der Waals surface area contributed by atoms with Crippen molar-refractivity contribution in [3.8, 4) is 0 Å². The second kappa shape index (κ2) is 4.23. The third-order valence-corrected chi connectivity index (χ3v) is 2.31. The van der Waals surface area contributed by atoms with Gasteiger partial charge in [0.15, 0.2) is 5.82 Å². The summed E-state index contributed by atoms with van der Waals surface area (Å²) in [5, 5.41) is 0. The minimum Gasteiger partial charge on any atom is -0.387 e. The first-order valence-corrected chi connectivity index (χ1v) is 5.03. The van der Waals surface area contributed by atoms with E-state index in [4.69, 9.17) is 18.0 Å². The lowest BCUT2D eigenvalue weighted by molar-refractivity contribution is 0.788. The molecule has 0 fully saturated rings. The van der Waals surface area contributed by atoms with E-state index in [1.807, 2.05) is 29.0 Å². The van der Waals surface area contributed by atoms with E-state index in [0.717, 1.165) is 6.54 Å². The molecule has 0 amide bonds. The van der Waals surface area contributed by atoms with Gasteiger partial charge in [0, 0.05) is 18.9 Å². The van der Waals surface area contributed by atoms with Crippen LogP contribution in [-0.2, 0) is 6.54 Å². The van der Waals surface area contributed by atoms with E-state index in [-0.39, 0.29) is 0 Å². The van der Waals surface area contributed by atoms with Crippen molar-refractivity contribution in [2.24, 2.45) is 5.73 Å². The van der Waals surface area contributed by atoms with Crippen LogP contribution in [0.1, 0.15) is 11.4 Å². The number of imidazole rings is 1. The Hall–Kier alpha value is -1.68. The van der Waals surface area contributed by atoms with Gasteiger partial charge in [-0.2, -0.15) is 0 Å². The molecule has 3 nitrogen and oxygen atoms in total. The van der Waals surface area contributed by atoms with Gasteiger partial charge in [-0.3, -0.25) is 0 Å². The van der Waals surface area contributed by atoms with Crippen LogP contribution in [0.4, 0.5) is 0 Å². The lowest BCUT2D eigenvalue weighted by Gasteiger charge is -2.06. The summed E-state index contributed by atoms with van der Waals surface area (Å²) in [6.45, 7) is 0.744. The highest BCUT2D eigenvalue weighted by Gasteiger charge is 2.04. The van der Waals surface area contributed by atoms with Gasteiger partial charge in [-0.25, -0.2) is 4.98 Å². The number of thiocarbonyl (C=S) groups is 1. The molecule has 0 radical (unpaired) electrons. The average Bonchev–Trinajstić information content (AvgIpc) is 2.67. The highest BCUT2D eigenvalue weighted by molar-refractivity contribution is 7.80. The van der Waals surface area contributed by atoms with E-state index in [2.05, 4.69) is 17.1 Å². The van der Waals surface area contributed by atoms with Crippen LogP contribution >= 0.6 is 12.2 Å². The fraction of sp³-hybridized carbons (Fsp3) is 0.0909. The zero-order valence-electron chi connectivity index (χ0n) is 8.13. The number of hydrogen-bond acceptors (Lipinski definition) is 2. The summed E-state index contributed by atoms with van der Waals surface area (Å²) >= 11 is 4.91. The number of hydrogen-bond donors (Lipinski definition) is 1. The molecule has 4 heteroatoms. The Morgan fingerprint density at radius 1 is 1.33 bits per heavy atom. The second-order valence-electron chi connectivity index (χ2n) is 3.23. The van der Waals surface area contributed by atoms with E-state index in [0.29, 0.717) is 10.8 Å². The molecular formula is C11H11N3S. The second-order valence-corrected chi connectivity index (χ2v) is 3.67. The Labute approximate surface area is 93.6 Å². The predicted octanol–water partition coefficient (Wildman–Crippen LogP) is 1.57. The van der Waals surface area contributed by atoms with Gasteiger partial charge in [-0.1, -0.05) is 42.5 Å². The van der Waals surface area contributed by atoms with E-state index < -0.39 is 0 Å². The van der Waals surface area contributed by atoms with E-state index in [1.165, 1.54) is 5.56 Å². The zero-order chi connectivity index (χ0) is 10.7. The minimum atomic E-state index is 0.330. The number of rotatable bonds is 3. The van der Waals surface area contributed by atoms with E-state index in [9.17, 15) is 0 Å². The maximum Gasteiger partial charge on any atom is 0.167 e. The van der Waals surface area contributed by atoms with Gasteiger partial charge >= 0.3 is 0 Å². The monoisotopic (exact) mass is 217 g/mol. The molecule has 0 aliphatic carbocycles. The van der Waals surface area contributed by atoms with Crippen LogP contribution in [0.15, 0.2) is 42.7 Å². The molecular weight excluding hydrogens is 206 g/mol. The number of benzene rings is 1. The molecule has 0 saturated heterocycles. The lowest BCUT2D eigenvalue weighted by atomic mass is 10.2. The average molecular weight is 217 g/mol. The third-order valence-electron chi connectivity index (χ3n) is 2.13. The predicted molar refractivity (Wildman–Crippen MR) is 63.7 cm³/mol. The summed E-state index contributed by atoms with van der Waals surface area (Å²) < 4.78 is 1.94. The molecule has 0 aliphatic rings. The number of nitrogens with zero attached hydrogens (tertiary/aromatic N) is 2. The van der Waals surface area contributed by atoms with Gasteiger partial charge in [-0.15, -0.1) is 0 Å². The summed E-state index contributed by atoms with van der Waals surface area (Å²) in [6.07, 6.45) is 3.58. The van der Waals surface area contributed by atoms with Crippen molar-refractivity contribution in [1.82, 2.24) is 9.55 Å². The van der Waals surface area contributed by atoms with Gasteiger partial charge in [0.05, 0.1) is 0 Å². The topological polar surface area (TPSA) is 43.8 Å². The molecule has 1 heterocycles. The summed E-state index contributed by atoms with van der Waals surface area (Å²) in [7, 11) is 0. The molecule has 0 atom stereocenters. The maximum atomic E-state index is 5.56. The fourth-order valence-electron chi connectivity index (χ4n) is 1.44. The Kier molecular flexibility index (Phi) is 2.78. The lowest BCUT2D eigenvalue weighted by Crippen LogP contribution is -2.17. The van der Waals surface area contributed by atoms with Crippen molar-refractivity contribution in [1.29, 1.82) is 0 Å². The van der Waals surface area contributed by atoms with Gasteiger partial charge in [0.1, 0.15) is 4.99 Å². The fourth-order valence-corrected chi connectivity index (χ4v) is 1.61. The van der Waals surface area contributed by atoms with Crippen LogP contribution in [0.3, 0.4) is 0 Å². The largest absolute Gasteiger partial charge is 0.387 e. The van der Waals surface area contributed by atoms with Gasteiger partial charge in [0.2, 0.25) is 0 Å². The van der Waals surface area contributed by atoms with Crippen LogP contribution in [0, 0.1) is 0 Å². The SMILES string of the molecule is NC(=S)c1nccn1Cc1ccccc1. The first-order valence-electron chi connectivity index (χ1n) is 4.62. The zero-order valence-corrected chi connectivity index (χ0v) is 8.95. The molecule has 2 aromatic rings. The summed E-state index contributed by atoms with van der Waals surface area (Å²) in [5.41, 5.74) is 6.76. The van der Waals surface area contributed by atoms with Crippen molar-refractivity contribution in [2.75, 3.05) is 0 Å². The first kappa shape index (κ1) is 9.86. The summed E-state index contributed by atoms with van der Waals surface area (Å²) in [6, 6.07) is 10.1. The highest BCUT2D eigenvalue weighted by Crippen LogP contribution is 2.05. The molecule has 0 saturated carbocycles. The van der Waals surface area contributed by atoms with Gasteiger partial charge in [-0.05, 0) is 5.56 Å². The Bertz CT molecular complexity index is 462. The molecule has 0 bridgehead atoms. The molecule has 1 aromatic heterocycles. The van der Waals surface area contributed by atoms with Crippen LogP contribution < -0.4 is 5.73 Å². The standard InChI is InChI=1S/C11H11N3S/c12-10(15)11-13-6-7-14(11)8-9-4-2-1-3-5-9/h1-7H,8H2,(H2,12,15). The normalized spacial score (nSPS) is 10.1. The smallest absolute Gasteiger partial charge is 0.167 e. The van der Waals surface area contributed by atoms with E-state index in [1.54, 1.807) is 6.20 Å². The van der Waals surface area contributed by atoms with Crippen molar-refractivity contribution in [2.45, 2.75) is 6.54 Å². The van der Waals surface area contributed by atoms with Crippen LogP contribution in [-0.4, -0.2) is 14.5 Å². The Morgan fingerprint density at radius 3 is 2.73 bits per heavy atom. The molecule has 0 spiro atoms. The molecule has 2 N–H and O–H groups in total. The minimum absolute atomic E-state index is 0.330. The molecule has 0 aliphatic heterocycles. The maximum absolute atomic E-state index is 5.56. The van der Waals surface area contributed by atoms with Crippen LogP contribution in [0.2, 0.25) is 0 Å². The van der Waals surface area contributed by atoms with E-state index >= 15 is 0 Å². The Balaban J connectivity index is 2.25. The molecule has 0 unspecified atom stereocenters. The summed E-state index contributed by atoms with van der Waals surface area (Å²) in [4.78, 5) is 4.44. The van der Waals surface area contributed by atoms with Crippen molar-refractivity contribution in [3.05, 3.63) is 54.1 Å². The third kappa shape index (κ3) is 2.22. The number of aromatic nitrogens is 2. The highest BCUT2D eigenvalue weighted by atomic mass is 32.1. The van der Waals surface area contributed by atoms with Crippen molar-refractivity contribution >= 4 is 17.2 Å². The molecule has 2 rings (SSSR count). The van der Waals surface area contributed by atoms with Crippen molar-refractivity contribution < 1.29 is 0 Å². The first-order chi connectivity index (χ1) is 7.27. The Morgan fingerprint density at radius 2 is 2.07 bits per heavy atom. The summed E-state index contributed by atoms with van der Waals surface area (Å²) in [5.74, 6) is 0.661. The van der Waals surface area contributed by atoms with Gasteiger partial charge in [0.25, 0.3) is 0 Å². The van der Waals surface area contributed by atoms with Gasteiger partial charge < -0.3 is 10.3 Å². The quantitative estimate of drug-likeness (QED) is 0.794. The van der Waals surface area contributed by atoms with Crippen LogP contribution in [0.5, 0.6) is 0 Å².